The molecule has 180 valence electrons. The zero-order valence-corrected chi connectivity index (χ0v) is 19.4. The van der Waals surface area contributed by atoms with Crippen molar-refractivity contribution in [3.05, 3.63) is 12.2 Å². The summed E-state index contributed by atoms with van der Waals surface area (Å²) in [6.07, 6.45) is 20.5. The van der Waals surface area contributed by atoms with Crippen LogP contribution in [0.3, 0.4) is 0 Å². The minimum Gasteiger partial charge on any atom is -0.544 e. The summed E-state index contributed by atoms with van der Waals surface area (Å²) in [5, 5.41) is 29.2. The number of allylic oxidation sites excluding steroid dienone is 2. The maximum atomic E-state index is 11.1. The molecule has 0 rings (SSSR count). The molecule has 0 aromatic rings. The van der Waals surface area contributed by atoms with Crippen molar-refractivity contribution >= 4 is 17.9 Å². The van der Waals surface area contributed by atoms with Gasteiger partial charge in [-0.3, -0.25) is 0 Å². The Labute approximate surface area is 187 Å². The average Bonchev–Trinajstić information content (AvgIpc) is 2.66. The first-order valence-corrected chi connectivity index (χ1v) is 11.9. The van der Waals surface area contributed by atoms with Crippen LogP contribution in [0.15, 0.2) is 12.2 Å². The highest BCUT2D eigenvalue weighted by atomic mass is 16.4. The topological polar surface area (TPSA) is 115 Å². The van der Waals surface area contributed by atoms with Crippen LogP contribution < -0.4 is 5.11 Å². The van der Waals surface area contributed by atoms with Gasteiger partial charge in [0.25, 0.3) is 0 Å². The summed E-state index contributed by atoms with van der Waals surface area (Å²) in [6, 6.07) is 0. The van der Waals surface area contributed by atoms with Crippen LogP contribution in [-0.2, 0) is 14.4 Å². The molecule has 0 unspecified atom stereocenters. The van der Waals surface area contributed by atoms with E-state index >= 15 is 0 Å². The summed E-state index contributed by atoms with van der Waals surface area (Å²) in [4.78, 5) is 33.3. The van der Waals surface area contributed by atoms with E-state index in [9.17, 15) is 19.5 Å². The molecule has 0 aliphatic carbocycles. The van der Waals surface area contributed by atoms with E-state index in [4.69, 9.17) is 10.2 Å². The molecule has 31 heavy (non-hydrogen) atoms. The first-order chi connectivity index (χ1) is 14.8. The summed E-state index contributed by atoms with van der Waals surface area (Å²) in [5.41, 5.74) is 0. The van der Waals surface area contributed by atoms with E-state index in [-0.39, 0.29) is 6.54 Å². The molecule has 0 heterocycles. The highest BCUT2D eigenvalue weighted by Gasteiger charge is 2.33. The fourth-order valence-electron chi connectivity index (χ4n) is 3.93. The number of carbonyl (C=O) groups excluding carboxylic acids is 1. The van der Waals surface area contributed by atoms with Crippen molar-refractivity contribution in [2.45, 2.75) is 96.8 Å². The van der Waals surface area contributed by atoms with Crippen molar-refractivity contribution in [1.82, 2.24) is 0 Å². The largest absolute Gasteiger partial charge is 0.544 e. The van der Waals surface area contributed by atoms with Crippen LogP contribution >= 0.6 is 0 Å². The molecule has 0 aliphatic rings. The lowest BCUT2D eigenvalue weighted by molar-refractivity contribution is -0.909. The fraction of sp³-hybridized carbons (Fsp3) is 0.792. The number of carboxylic acids is 3. The van der Waals surface area contributed by atoms with Crippen molar-refractivity contribution in [2.24, 2.45) is 0 Å². The third-order valence-electron chi connectivity index (χ3n) is 5.55. The molecule has 0 atom stereocenters. The van der Waals surface area contributed by atoms with E-state index < -0.39 is 42.0 Å². The maximum Gasteiger partial charge on any atom is 0.359 e. The smallest absolute Gasteiger partial charge is 0.359 e. The first kappa shape index (κ1) is 29.1. The summed E-state index contributed by atoms with van der Waals surface area (Å²) < 4.78 is -0.499. The lowest BCUT2D eigenvalue weighted by Crippen LogP contribution is -2.59. The number of hydrogen-bond acceptors (Lipinski definition) is 4. The van der Waals surface area contributed by atoms with E-state index in [0.717, 1.165) is 19.3 Å². The lowest BCUT2D eigenvalue weighted by atomic mass is 10.1. The van der Waals surface area contributed by atoms with E-state index in [2.05, 4.69) is 19.1 Å². The molecule has 0 fully saturated rings. The molecule has 0 spiro atoms. The van der Waals surface area contributed by atoms with Crippen LogP contribution in [0.4, 0.5) is 0 Å². The molecule has 7 heteroatoms. The molecular formula is C24H43NO6. The summed E-state index contributed by atoms with van der Waals surface area (Å²) in [5.74, 6) is -3.82. The van der Waals surface area contributed by atoms with Gasteiger partial charge in [-0.15, -0.1) is 0 Å². The van der Waals surface area contributed by atoms with Gasteiger partial charge in [0.1, 0.15) is 6.54 Å². The Balaban J connectivity index is 3.87. The Bertz CT molecular complexity index is 491. The van der Waals surface area contributed by atoms with Crippen LogP contribution in [-0.4, -0.2) is 58.8 Å². The molecule has 0 bridgehead atoms. The van der Waals surface area contributed by atoms with E-state index in [1.165, 1.54) is 64.2 Å². The van der Waals surface area contributed by atoms with Gasteiger partial charge in [0.2, 0.25) is 0 Å². The molecule has 7 nitrogen and oxygen atoms in total. The Morgan fingerprint density at radius 2 is 1.10 bits per heavy atom. The van der Waals surface area contributed by atoms with Gasteiger partial charge in [0, 0.05) is 0 Å². The van der Waals surface area contributed by atoms with Crippen LogP contribution in [0.2, 0.25) is 0 Å². The van der Waals surface area contributed by atoms with Gasteiger partial charge in [-0.25, -0.2) is 9.59 Å². The van der Waals surface area contributed by atoms with Gasteiger partial charge < -0.3 is 24.6 Å². The Kier molecular flexibility index (Phi) is 17.7. The monoisotopic (exact) mass is 441 g/mol. The van der Waals surface area contributed by atoms with Crippen LogP contribution in [0, 0.1) is 0 Å². The SMILES string of the molecule is CCCC/C=C/CCCCCCCCCCCC[N+](CC(=O)[O-])(CC(=O)O)CC(=O)O. The van der Waals surface area contributed by atoms with Gasteiger partial charge >= 0.3 is 11.9 Å². The Morgan fingerprint density at radius 1 is 0.677 bits per heavy atom. The zero-order chi connectivity index (χ0) is 23.4. The predicted molar refractivity (Wildman–Crippen MR) is 119 cm³/mol. The van der Waals surface area contributed by atoms with Gasteiger partial charge in [-0.1, -0.05) is 76.9 Å². The van der Waals surface area contributed by atoms with Crippen LogP contribution in [0.25, 0.3) is 0 Å². The third kappa shape index (κ3) is 18.6. The summed E-state index contributed by atoms with van der Waals surface area (Å²) in [7, 11) is 0. The molecular weight excluding hydrogens is 398 g/mol. The minimum atomic E-state index is -1.42. The van der Waals surface area contributed by atoms with Crippen molar-refractivity contribution in [3.8, 4) is 0 Å². The Morgan fingerprint density at radius 3 is 1.52 bits per heavy atom. The maximum absolute atomic E-state index is 11.1. The fourth-order valence-corrected chi connectivity index (χ4v) is 3.93. The summed E-state index contributed by atoms with van der Waals surface area (Å²) >= 11 is 0. The van der Waals surface area contributed by atoms with E-state index in [1.807, 2.05) is 0 Å². The Hall–Kier alpha value is -1.89. The number of carbonyl (C=O) groups is 3. The van der Waals surface area contributed by atoms with Gasteiger partial charge in [0.15, 0.2) is 13.1 Å². The van der Waals surface area contributed by atoms with Crippen molar-refractivity contribution in [3.63, 3.8) is 0 Å². The van der Waals surface area contributed by atoms with Gasteiger partial charge in [-0.2, -0.15) is 0 Å². The highest BCUT2D eigenvalue weighted by molar-refractivity contribution is 5.72. The van der Waals surface area contributed by atoms with Crippen molar-refractivity contribution < 1.29 is 34.2 Å². The number of quaternary nitrogens is 1. The third-order valence-corrected chi connectivity index (χ3v) is 5.55. The molecule has 0 radical (unpaired) electrons. The number of nitrogens with zero attached hydrogens (tertiary/aromatic N) is 1. The first-order valence-electron chi connectivity index (χ1n) is 11.9. The molecule has 0 amide bonds. The molecule has 2 N–H and O–H groups in total. The van der Waals surface area contributed by atoms with Gasteiger partial charge in [-0.05, 0) is 32.1 Å². The standard InChI is InChI=1S/C24H43NO6/c1-2-3-4-5-6-7-8-9-10-11-12-13-14-15-16-17-18-25(19-22(26)27,20-23(28)29)21-24(30)31/h5-6H,2-4,7-21H2,1H3,(H2-,26,27,28,29,30,31)/b6-5+. The lowest BCUT2D eigenvalue weighted by Gasteiger charge is -2.36. The molecule has 0 aromatic heterocycles. The minimum absolute atomic E-state index is 0.222. The summed E-state index contributed by atoms with van der Waals surface area (Å²) in [6.45, 7) is 0.805. The number of hydrogen-bond donors (Lipinski definition) is 2. The molecule has 0 aliphatic heterocycles. The second kappa shape index (κ2) is 18.8. The van der Waals surface area contributed by atoms with E-state index in [0.29, 0.717) is 6.42 Å². The van der Waals surface area contributed by atoms with Crippen LogP contribution in [0.5, 0.6) is 0 Å². The number of rotatable bonds is 22. The zero-order valence-electron chi connectivity index (χ0n) is 19.4. The number of unbranched alkanes of at least 4 members (excludes halogenated alkanes) is 12. The second-order valence-corrected chi connectivity index (χ2v) is 8.64. The highest BCUT2D eigenvalue weighted by Crippen LogP contribution is 2.14. The second-order valence-electron chi connectivity index (χ2n) is 8.64. The normalized spacial score (nSPS) is 11.8. The number of aliphatic carboxylic acids is 3. The molecule has 0 saturated carbocycles. The average molecular weight is 442 g/mol. The van der Waals surface area contributed by atoms with Crippen LogP contribution in [0.1, 0.15) is 96.8 Å². The number of carboxylic acid groups (broad SMARTS) is 3. The van der Waals surface area contributed by atoms with Crippen molar-refractivity contribution in [1.29, 1.82) is 0 Å². The molecule has 0 saturated heterocycles. The van der Waals surface area contributed by atoms with Gasteiger partial charge in [0.05, 0.1) is 12.5 Å². The van der Waals surface area contributed by atoms with Crippen molar-refractivity contribution in [2.75, 3.05) is 26.2 Å². The molecule has 0 aromatic carbocycles. The predicted octanol–water partition coefficient (Wildman–Crippen LogP) is 3.76. The quantitative estimate of drug-likeness (QED) is 0.150. The van der Waals surface area contributed by atoms with E-state index in [1.54, 1.807) is 0 Å².